The van der Waals surface area contributed by atoms with Crippen LogP contribution in [0.15, 0.2) is 9.59 Å². The minimum atomic E-state index is -1.20. The van der Waals surface area contributed by atoms with Gasteiger partial charge < -0.3 is 21.3 Å². The van der Waals surface area contributed by atoms with Crippen LogP contribution in [0, 0.1) is 5.41 Å². The highest BCUT2D eigenvalue weighted by Crippen LogP contribution is 2.10. The molecule has 1 rings (SSSR count). The fourth-order valence-corrected chi connectivity index (χ4v) is 2.07. The third kappa shape index (κ3) is 4.34. The molecule has 0 saturated carbocycles. The van der Waals surface area contributed by atoms with Crippen molar-refractivity contribution in [3.05, 3.63) is 26.4 Å². The average molecular weight is 327 g/mol. The number of carbonyl (C=O) groups is 1. The van der Waals surface area contributed by atoms with Crippen LogP contribution in [-0.2, 0) is 13.1 Å². The molecule has 128 valence electrons. The van der Waals surface area contributed by atoms with Gasteiger partial charge in [-0.2, -0.15) is 0 Å². The molecule has 0 aliphatic heterocycles. The molecule has 0 saturated heterocycles. The third-order valence-corrected chi connectivity index (χ3v) is 3.24. The van der Waals surface area contributed by atoms with E-state index in [9.17, 15) is 19.5 Å². The largest absolute Gasteiger partial charge is 0.494 e. The van der Waals surface area contributed by atoms with E-state index in [4.69, 9.17) is 16.2 Å². The first kappa shape index (κ1) is 18.3. The number of amides is 1. The second kappa shape index (κ2) is 8.01. The Balaban J connectivity index is 3.24. The van der Waals surface area contributed by atoms with E-state index in [0.717, 1.165) is 15.6 Å². The number of unbranched alkanes of at least 4 members (excludes halogenated alkanes) is 1. The van der Waals surface area contributed by atoms with Gasteiger partial charge in [0.05, 0.1) is 0 Å². The van der Waals surface area contributed by atoms with E-state index in [0.29, 0.717) is 6.42 Å². The smallest absolute Gasteiger partial charge is 0.404 e. The number of rotatable bonds is 8. The summed E-state index contributed by atoms with van der Waals surface area (Å²) in [6, 6.07) is 0. The maximum absolute atomic E-state index is 12.3. The van der Waals surface area contributed by atoms with Gasteiger partial charge in [0.2, 0.25) is 5.88 Å². The van der Waals surface area contributed by atoms with Gasteiger partial charge in [0.15, 0.2) is 0 Å². The number of aromatic nitrogens is 2. The lowest BCUT2D eigenvalue weighted by Gasteiger charge is -2.15. The van der Waals surface area contributed by atoms with Crippen LogP contribution in [0.25, 0.3) is 0 Å². The molecule has 1 heterocycles. The second-order valence-electron chi connectivity index (χ2n) is 4.94. The highest BCUT2D eigenvalue weighted by Gasteiger charge is 2.20. The van der Waals surface area contributed by atoms with Crippen molar-refractivity contribution in [3.63, 3.8) is 0 Å². The van der Waals surface area contributed by atoms with Crippen molar-refractivity contribution >= 4 is 11.9 Å². The molecular weight excluding hydrogens is 306 g/mol. The van der Waals surface area contributed by atoms with Crippen LogP contribution >= 0.6 is 0 Å². The maximum atomic E-state index is 12.3. The monoisotopic (exact) mass is 327 g/mol. The standard InChI is InChI=1S/C13H21N5O5/c1-2-3-6-17-10(19)8(9(14)15)11(20)18(13(17)23)7-4-5-16-12(21)22/h16,20H,2-7H2,1H3,(H3,14,15)(H,21,22). The molecule has 0 bridgehead atoms. The van der Waals surface area contributed by atoms with Crippen LogP contribution in [0.5, 0.6) is 5.88 Å². The maximum Gasteiger partial charge on any atom is 0.404 e. The molecule has 6 N–H and O–H groups in total. The normalized spacial score (nSPS) is 10.5. The molecule has 10 heteroatoms. The number of aromatic hydroxyl groups is 1. The second-order valence-corrected chi connectivity index (χ2v) is 4.94. The quantitative estimate of drug-likeness (QED) is 0.244. The van der Waals surface area contributed by atoms with Gasteiger partial charge >= 0.3 is 11.8 Å². The number of nitrogen functional groups attached to an aromatic ring is 1. The zero-order valence-electron chi connectivity index (χ0n) is 12.8. The molecule has 0 radical (unpaired) electrons. The van der Waals surface area contributed by atoms with Gasteiger partial charge in [-0.3, -0.25) is 19.3 Å². The zero-order valence-corrected chi connectivity index (χ0v) is 12.8. The minimum absolute atomic E-state index is 0.0162. The van der Waals surface area contributed by atoms with E-state index in [1.54, 1.807) is 0 Å². The number of nitrogens with two attached hydrogens (primary N) is 1. The molecule has 0 aromatic carbocycles. The van der Waals surface area contributed by atoms with E-state index in [-0.39, 0.29) is 26.1 Å². The minimum Gasteiger partial charge on any atom is -0.494 e. The summed E-state index contributed by atoms with van der Waals surface area (Å²) in [5, 5.41) is 28.1. The number of hydrogen-bond donors (Lipinski definition) is 5. The zero-order chi connectivity index (χ0) is 17.6. The number of amidine groups is 1. The summed E-state index contributed by atoms with van der Waals surface area (Å²) in [6.07, 6.45) is 0.366. The van der Waals surface area contributed by atoms with E-state index in [1.165, 1.54) is 0 Å². The molecule has 10 nitrogen and oxygen atoms in total. The molecule has 1 aromatic heterocycles. The van der Waals surface area contributed by atoms with Crippen molar-refractivity contribution in [2.24, 2.45) is 5.73 Å². The Kier molecular flexibility index (Phi) is 6.36. The van der Waals surface area contributed by atoms with Gasteiger partial charge in [-0.15, -0.1) is 0 Å². The van der Waals surface area contributed by atoms with Gasteiger partial charge in [-0.25, -0.2) is 9.59 Å². The summed E-state index contributed by atoms with van der Waals surface area (Å²) in [6.45, 7) is 2.11. The Morgan fingerprint density at radius 2 is 1.87 bits per heavy atom. The van der Waals surface area contributed by atoms with Gasteiger partial charge in [0.1, 0.15) is 11.4 Å². The molecule has 1 aromatic rings. The Labute approximate surface area is 131 Å². The van der Waals surface area contributed by atoms with Gasteiger partial charge in [-0.1, -0.05) is 13.3 Å². The Morgan fingerprint density at radius 3 is 2.39 bits per heavy atom. The van der Waals surface area contributed by atoms with Crippen molar-refractivity contribution in [2.75, 3.05) is 6.54 Å². The summed E-state index contributed by atoms with van der Waals surface area (Å²) in [4.78, 5) is 34.9. The molecule has 0 aliphatic carbocycles. The van der Waals surface area contributed by atoms with E-state index >= 15 is 0 Å². The predicted molar refractivity (Wildman–Crippen MR) is 83.2 cm³/mol. The molecule has 23 heavy (non-hydrogen) atoms. The SMILES string of the molecule is CCCCn1c(=O)c(C(=N)N)c(O)n(CCCNC(=O)O)c1=O. The van der Waals surface area contributed by atoms with Crippen molar-refractivity contribution in [3.8, 4) is 5.88 Å². The first-order chi connectivity index (χ1) is 10.8. The van der Waals surface area contributed by atoms with Crippen LogP contribution in [0.4, 0.5) is 4.79 Å². The number of nitrogens with one attached hydrogen (secondary N) is 2. The summed E-state index contributed by atoms with van der Waals surface area (Å²) < 4.78 is 1.86. The Morgan fingerprint density at radius 1 is 1.26 bits per heavy atom. The molecule has 0 atom stereocenters. The molecular formula is C13H21N5O5. The number of nitrogens with zero attached hydrogens (tertiary/aromatic N) is 2. The van der Waals surface area contributed by atoms with Crippen LogP contribution in [0.2, 0.25) is 0 Å². The molecule has 0 spiro atoms. The van der Waals surface area contributed by atoms with Gasteiger partial charge in [0.25, 0.3) is 5.56 Å². The molecule has 0 unspecified atom stereocenters. The lowest BCUT2D eigenvalue weighted by molar-refractivity contribution is 0.194. The Bertz CT molecular complexity index is 706. The molecule has 0 aliphatic rings. The Hall–Kier alpha value is -2.78. The first-order valence-corrected chi connectivity index (χ1v) is 7.19. The lowest BCUT2D eigenvalue weighted by Crippen LogP contribution is -2.44. The number of hydrogen-bond acceptors (Lipinski definition) is 5. The number of carboxylic acid groups (broad SMARTS) is 1. The first-order valence-electron chi connectivity index (χ1n) is 7.19. The van der Waals surface area contributed by atoms with Crippen LogP contribution in [0.3, 0.4) is 0 Å². The highest BCUT2D eigenvalue weighted by molar-refractivity contribution is 5.96. The summed E-state index contributed by atoms with van der Waals surface area (Å²) in [5.41, 5.74) is 3.40. The van der Waals surface area contributed by atoms with Crippen molar-refractivity contribution in [1.82, 2.24) is 14.5 Å². The van der Waals surface area contributed by atoms with Crippen molar-refractivity contribution in [2.45, 2.75) is 39.3 Å². The molecule has 1 amide bonds. The topological polar surface area (TPSA) is 163 Å². The average Bonchev–Trinajstić information content (AvgIpc) is 2.45. The predicted octanol–water partition coefficient (Wildman–Crippen LogP) is -0.543. The van der Waals surface area contributed by atoms with Crippen molar-refractivity contribution in [1.29, 1.82) is 5.41 Å². The van der Waals surface area contributed by atoms with Crippen molar-refractivity contribution < 1.29 is 15.0 Å². The highest BCUT2D eigenvalue weighted by atomic mass is 16.4. The van der Waals surface area contributed by atoms with Crippen LogP contribution in [0.1, 0.15) is 31.7 Å². The summed E-state index contributed by atoms with van der Waals surface area (Å²) in [5.74, 6) is -1.30. The van der Waals surface area contributed by atoms with Crippen LogP contribution in [-0.4, -0.2) is 37.8 Å². The fraction of sp³-hybridized carbons (Fsp3) is 0.538. The van der Waals surface area contributed by atoms with E-state index < -0.39 is 34.6 Å². The summed E-state index contributed by atoms with van der Waals surface area (Å²) >= 11 is 0. The fourth-order valence-electron chi connectivity index (χ4n) is 2.07. The van der Waals surface area contributed by atoms with E-state index in [2.05, 4.69) is 5.32 Å². The van der Waals surface area contributed by atoms with E-state index in [1.807, 2.05) is 6.92 Å². The third-order valence-electron chi connectivity index (χ3n) is 3.24. The van der Waals surface area contributed by atoms with Gasteiger partial charge in [0, 0.05) is 19.6 Å². The lowest BCUT2D eigenvalue weighted by atomic mass is 10.2. The van der Waals surface area contributed by atoms with Gasteiger partial charge in [-0.05, 0) is 12.8 Å². The van der Waals surface area contributed by atoms with Crippen LogP contribution < -0.4 is 22.3 Å². The summed E-state index contributed by atoms with van der Waals surface area (Å²) in [7, 11) is 0. The molecule has 0 fully saturated rings.